The SMILES string of the molecule is C[C@@H]1O[C@H](CCc2ccccc2)C[C@H](C#N)O1. The van der Waals surface area contributed by atoms with Crippen molar-refractivity contribution < 1.29 is 9.47 Å². The molecule has 1 heterocycles. The molecule has 0 unspecified atom stereocenters. The number of nitriles is 1. The molecule has 0 saturated carbocycles. The minimum Gasteiger partial charge on any atom is -0.350 e. The Morgan fingerprint density at radius 2 is 2.06 bits per heavy atom. The van der Waals surface area contributed by atoms with Gasteiger partial charge in [-0.05, 0) is 25.3 Å². The molecule has 0 bridgehead atoms. The summed E-state index contributed by atoms with van der Waals surface area (Å²) < 4.78 is 11.0. The molecule has 0 amide bonds. The number of ether oxygens (including phenoxy) is 2. The Morgan fingerprint density at radius 3 is 2.76 bits per heavy atom. The topological polar surface area (TPSA) is 42.2 Å². The molecule has 90 valence electrons. The van der Waals surface area contributed by atoms with Crippen LogP contribution in [0.1, 0.15) is 25.3 Å². The number of rotatable bonds is 3. The number of benzene rings is 1. The van der Waals surface area contributed by atoms with Crippen molar-refractivity contribution in [3.8, 4) is 6.07 Å². The second-order valence-corrected chi connectivity index (χ2v) is 4.34. The minimum atomic E-state index is -0.320. The van der Waals surface area contributed by atoms with Crippen molar-refractivity contribution in [1.82, 2.24) is 0 Å². The Balaban J connectivity index is 1.85. The van der Waals surface area contributed by atoms with Gasteiger partial charge >= 0.3 is 0 Å². The molecule has 1 aromatic rings. The molecule has 1 aromatic carbocycles. The normalized spacial score (nSPS) is 28.6. The number of aryl methyl sites for hydroxylation is 1. The molecule has 1 aliphatic heterocycles. The van der Waals surface area contributed by atoms with E-state index in [-0.39, 0.29) is 18.5 Å². The third-order valence-corrected chi connectivity index (χ3v) is 2.96. The van der Waals surface area contributed by atoms with Crippen LogP contribution in [0.15, 0.2) is 30.3 Å². The molecule has 3 nitrogen and oxygen atoms in total. The van der Waals surface area contributed by atoms with Gasteiger partial charge in [0.2, 0.25) is 0 Å². The first-order chi connectivity index (χ1) is 8.28. The molecule has 2 rings (SSSR count). The van der Waals surface area contributed by atoms with Crippen LogP contribution in [-0.4, -0.2) is 18.5 Å². The zero-order chi connectivity index (χ0) is 12.1. The molecule has 0 spiro atoms. The van der Waals surface area contributed by atoms with Gasteiger partial charge < -0.3 is 9.47 Å². The maximum atomic E-state index is 8.88. The maximum Gasteiger partial charge on any atom is 0.156 e. The van der Waals surface area contributed by atoms with E-state index in [2.05, 4.69) is 18.2 Å². The summed E-state index contributed by atoms with van der Waals surface area (Å²) >= 11 is 0. The molecule has 17 heavy (non-hydrogen) atoms. The van der Waals surface area contributed by atoms with Gasteiger partial charge in [0.05, 0.1) is 12.2 Å². The number of nitrogens with zero attached hydrogens (tertiary/aromatic N) is 1. The monoisotopic (exact) mass is 231 g/mol. The van der Waals surface area contributed by atoms with Gasteiger partial charge in [-0.2, -0.15) is 5.26 Å². The summed E-state index contributed by atoms with van der Waals surface area (Å²) in [6, 6.07) is 12.5. The van der Waals surface area contributed by atoms with Crippen molar-refractivity contribution in [1.29, 1.82) is 5.26 Å². The van der Waals surface area contributed by atoms with E-state index in [1.165, 1.54) is 5.56 Å². The molecule has 3 heteroatoms. The lowest BCUT2D eigenvalue weighted by Crippen LogP contribution is -2.36. The molecule has 0 radical (unpaired) electrons. The lowest BCUT2D eigenvalue weighted by Gasteiger charge is -2.31. The third kappa shape index (κ3) is 3.55. The van der Waals surface area contributed by atoms with Crippen molar-refractivity contribution >= 4 is 0 Å². The van der Waals surface area contributed by atoms with Gasteiger partial charge in [-0.1, -0.05) is 30.3 Å². The second-order valence-electron chi connectivity index (χ2n) is 4.34. The van der Waals surface area contributed by atoms with Crippen LogP contribution in [0.3, 0.4) is 0 Å². The van der Waals surface area contributed by atoms with Crippen LogP contribution >= 0.6 is 0 Å². The lowest BCUT2D eigenvalue weighted by atomic mass is 10.0. The van der Waals surface area contributed by atoms with Crippen LogP contribution in [0.4, 0.5) is 0 Å². The summed E-state index contributed by atoms with van der Waals surface area (Å²) in [5.74, 6) is 0. The standard InChI is InChI=1S/C14H17NO2/c1-11-16-13(9-14(10-15)17-11)8-7-12-5-3-2-4-6-12/h2-6,11,13-14H,7-9H2,1H3/t11-,13-,14-/m1/s1. The predicted octanol–water partition coefficient (Wildman–Crippen LogP) is 2.66. The fourth-order valence-electron chi connectivity index (χ4n) is 2.13. The van der Waals surface area contributed by atoms with Gasteiger partial charge in [-0.15, -0.1) is 0 Å². The van der Waals surface area contributed by atoms with E-state index < -0.39 is 0 Å². The van der Waals surface area contributed by atoms with Crippen LogP contribution in [0.2, 0.25) is 0 Å². The summed E-state index contributed by atoms with van der Waals surface area (Å²) in [6.45, 7) is 1.85. The Labute approximate surface area is 102 Å². The number of hydrogen-bond acceptors (Lipinski definition) is 3. The van der Waals surface area contributed by atoms with Gasteiger partial charge in [-0.25, -0.2) is 0 Å². The van der Waals surface area contributed by atoms with E-state index in [4.69, 9.17) is 14.7 Å². The van der Waals surface area contributed by atoms with Crippen molar-refractivity contribution in [3.63, 3.8) is 0 Å². The highest BCUT2D eigenvalue weighted by Crippen LogP contribution is 2.21. The van der Waals surface area contributed by atoms with Crippen LogP contribution in [0, 0.1) is 11.3 Å². The summed E-state index contributed by atoms with van der Waals surface area (Å²) in [6.07, 6.45) is 2.14. The summed E-state index contributed by atoms with van der Waals surface area (Å²) in [7, 11) is 0. The first-order valence-corrected chi connectivity index (χ1v) is 6.02. The predicted molar refractivity (Wildman–Crippen MR) is 64.2 cm³/mol. The largest absolute Gasteiger partial charge is 0.350 e. The summed E-state index contributed by atoms with van der Waals surface area (Å²) in [4.78, 5) is 0. The van der Waals surface area contributed by atoms with Crippen LogP contribution in [-0.2, 0) is 15.9 Å². The highest BCUT2D eigenvalue weighted by atomic mass is 16.7. The van der Waals surface area contributed by atoms with Gasteiger partial charge in [0.15, 0.2) is 6.29 Å². The smallest absolute Gasteiger partial charge is 0.156 e. The Bertz CT molecular complexity index is 385. The van der Waals surface area contributed by atoms with Gasteiger partial charge in [0, 0.05) is 6.42 Å². The van der Waals surface area contributed by atoms with E-state index in [1.54, 1.807) is 0 Å². The second kappa shape index (κ2) is 5.81. The molecule has 1 saturated heterocycles. The molecule has 0 aromatic heterocycles. The minimum absolute atomic E-state index is 0.128. The summed E-state index contributed by atoms with van der Waals surface area (Å²) in [5, 5.41) is 8.88. The maximum absolute atomic E-state index is 8.88. The van der Waals surface area contributed by atoms with Gasteiger partial charge in [0.25, 0.3) is 0 Å². The molecular formula is C14H17NO2. The van der Waals surface area contributed by atoms with Crippen molar-refractivity contribution in [2.75, 3.05) is 0 Å². The molecular weight excluding hydrogens is 214 g/mol. The third-order valence-electron chi connectivity index (χ3n) is 2.96. The fraction of sp³-hybridized carbons (Fsp3) is 0.500. The number of hydrogen-bond donors (Lipinski definition) is 0. The first-order valence-electron chi connectivity index (χ1n) is 6.02. The zero-order valence-corrected chi connectivity index (χ0v) is 10.0. The van der Waals surface area contributed by atoms with Crippen LogP contribution < -0.4 is 0 Å². The van der Waals surface area contributed by atoms with Crippen LogP contribution in [0.25, 0.3) is 0 Å². The van der Waals surface area contributed by atoms with Crippen molar-refractivity contribution in [2.24, 2.45) is 0 Å². The Kier molecular flexibility index (Phi) is 4.13. The van der Waals surface area contributed by atoms with Crippen molar-refractivity contribution in [2.45, 2.75) is 44.7 Å². The van der Waals surface area contributed by atoms with E-state index in [0.717, 1.165) is 12.8 Å². The van der Waals surface area contributed by atoms with Crippen LogP contribution in [0.5, 0.6) is 0 Å². The van der Waals surface area contributed by atoms with Crippen molar-refractivity contribution in [3.05, 3.63) is 35.9 Å². The average molecular weight is 231 g/mol. The molecule has 0 N–H and O–H groups in total. The molecule has 3 atom stereocenters. The quantitative estimate of drug-likeness (QED) is 0.803. The highest BCUT2D eigenvalue weighted by Gasteiger charge is 2.27. The van der Waals surface area contributed by atoms with Gasteiger partial charge in [0.1, 0.15) is 6.10 Å². The molecule has 1 fully saturated rings. The zero-order valence-electron chi connectivity index (χ0n) is 10.0. The van der Waals surface area contributed by atoms with E-state index in [9.17, 15) is 0 Å². The molecule has 0 aliphatic carbocycles. The van der Waals surface area contributed by atoms with E-state index in [0.29, 0.717) is 6.42 Å². The summed E-state index contributed by atoms with van der Waals surface area (Å²) in [5.41, 5.74) is 1.31. The molecule has 1 aliphatic rings. The Hall–Kier alpha value is -1.37. The Morgan fingerprint density at radius 1 is 1.29 bits per heavy atom. The lowest BCUT2D eigenvalue weighted by molar-refractivity contribution is -0.221. The van der Waals surface area contributed by atoms with E-state index >= 15 is 0 Å². The van der Waals surface area contributed by atoms with Gasteiger partial charge in [-0.3, -0.25) is 0 Å². The van der Waals surface area contributed by atoms with E-state index in [1.807, 2.05) is 25.1 Å². The highest BCUT2D eigenvalue weighted by molar-refractivity contribution is 5.14. The fourth-order valence-corrected chi connectivity index (χ4v) is 2.13. The first kappa shape index (κ1) is 12.1. The average Bonchev–Trinajstić information content (AvgIpc) is 2.37.